The van der Waals surface area contributed by atoms with Gasteiger partial charge in [0.25, 0.3) is 5.56 Å². The highest BCUT2D eigenvalue weighted by Gasteiger charge is 2.45. The first-order valence-corrected chi connectivity index (χ1v) is 13.4. The van der Waals surface area contributed by atoms with Crippen molar-refractivity contribution in [2.75, 3.05) is 13.2 Å². The Hall–Kier alpha value is -2.84. The van der Waals surface area contributed by atoms with Crippen LogP contribution in [0, 0.1) is 3.57 Å². The number of carbonyl (C=O) groups excluding carboxylic acids is 1. The fraction of sp³-hybridized carbons (Fsp3) is 0.240. The molecule has 38 heavy (non-hydrogen) atoms. The summed E-state index contributed by atoms with van der Waals surface area (Å²) in [5.74, 6) is -1.10. The molecular formula is C25H19ClF3IN2O5S. The Morgan fingerprint density at radius 3 is 2.53 bits per heavy atom. The molecule has 2 aromatic carbocycles. The first-order valence-electron chi connectivity index (χ1n) is 11.2. The van der Waals surface area contributed by atoms with Gasteiger partial charge < -0.3 is 14.6 Å². The maximum atomic E-state index is 14.2. The molecule has 0 unspecified atom stereocenters. The lowest BCUT2D eigenvalue weighted by Crippen LogP contribution is -2.41. The third-order valence-electron chi connectivity index (χ3n) is 5.43. The van der Waals surface area contributed by atoms with Crippen LogP contribution >= 0.6 is 45.5 Å². The maximum Gasteiger partial charge on any atom is 0.434 e. The third-order valence-corrected chi connectivity index (χ3v) is 7.49. The molecule has 13 heteroatoms. The van der Waals surface area contributed by atoms with Gasteiger partial charge in [-0.1, -0.05) is 35.1 Å². The van der Waals surface area contributed by atoms with Crippen molar-refractivity contribution in [1.29, 1.82) is 0 Å². The van der Waals surface area contributed by atoms with Crippen LogP contribution in [0.15, 0.2) is 57.5 Å². The largest absolute Gasteiger partial charge is 0.504 e. The summed E-state index contributed by atoms with van der Waals surface area (Å²) in [4.78, 5) is 30.0. The Balaban J connectivity index is 2.02. The van der Waals surface area contributed by atoms with E-state index in [2.05, 4.69) is 4.99 Å². The summed E-state index contributed by atoms with van der Waals surface area (Å²) >= 11 is 8.63. The first-order chi connectivity index (χ1) is 18.0. The average Bonchev–Trinajstić information content (AvgIpc) is 3.16. The fourth-order valence-electron chi connectivity index (χ4n) is 3.89. The van der Waals surface area contributed by atoms with Gasteiger partial charge >= 0.3 is 12.1 Å². The number of allylic oxidation sites excluding steroid dienone is 1. The van der Waals surface area contributed by atoms with E-state index in [1.54, 1.807) is 13.0 Å². The predicted octanol–water partition coefficient (Wildman–Crippen LogP) is 4.70. The molecule has 0 amide bonds. The summed E-state index contributed by atoms with van der Waals surface area (Å²) in [6.07, 6.45) is -3.53. The number of nitrogens with zero attached hydrogens (tertiary/aromatic N) is 2. The zero-order valence-corrected chi connectivity index (χ0v) is 23.5. The minimum atomic E-state index is -5.00. The van der Waals surface area contributed by atoms with Gasteiger partial charge in [-0.15, -0.1) is 0 Å². The number of aromatic hydroxyl groups is 1. The number of alkyl halides is 3. The van der Waals surface area contributed by atoms with E-state index in [4.69, 9.17) is 21.1 Å². The van der Waals surface area contributed by atoms with Gasteiger partial charge in [-0.25, -0.2) is 9.79 Å². The molecule has 0 spiro atoms. The van der Waals surface area contributed by atoms with E-state index in [1.165, 1.54) is 43.3 Å². The second-order valence-electron chi connectivity index (χ2n) is 7.90. The predicted molar refractivity (Wildman–Crippen MR) is 144 cm³/mol. The summed E-state index contributed by atoms with van der Waals surface area (Å²) < 4.78 is 54.5. The van der Waals surface area contributed by atoms with Crippen LogP contribution in [0.4, 0.5) is 13.2 Å². The minimum Gasteiger partial charge on any atom is -0.504 e. The number of halogens is 5. The van der Waals surface area contributed by atoms with Crippen molar-refractivity contribution >= 4 is 57.6 Å². The molecule has 4 rings (SSSR count). The van der Waals surface area contributed by atoms with Crippen molar-refractivity contribution in [3.05, 3.63) is 87.1 Å². The standard InChI is InChI=1S/C25H19ClF3IN2O5S/c1-3-36-16-10-12(9-15(30)20(16)33)11-17-22(34)32-19(13-5-7-14(26)8-6-13)18(23(35)37-4-2)21(25(27,28)29)31-24(32)38-17/h5-11,19,33H,3-4H2,1-2H3/b17-11-/t19-/m1/s1. The molecule has 1 aliphatic heterocycles. The van der Waals surface area contributed by atoms with Crippen molar-refractivity contribution < 1.29 is 32.5 Å². The van der Waals surface area contributed by atoms with Gasteiger partial charge in [0, 0.05) is 5.02 Å². The van der Waals surface area contributed by atoms with E-state index >= 15 is 0 Å². The van der Waals surface area contributed by atoms with Crippen LogP contribution in [0.1, 0.15) is 31.0 Å². The lowest BCUT2D eigenvalue weighted by atomic mass is 9.95. The van der Waals surface area contributed by atoms with E-state index in [1.807, 2.05) is 22.6 Å². The molecule has 0 radical (unpaired) electrons. The lowest BCUT2D eigenvalue weighted by Gasteiger charge is -2.26. The minimum absolute atomic E-state index is 0.0669. The Morgan fingerprint density at radius 2 is 1.92 bits per heavy atom. The Morgan fingerprint density at radius 1 is 1.24 bits per heavy atom. The highest BCUT2D eigenvalue weighted by Crippen LogP contribution is 2.38. The molecule has 2 heterocycles. The summed E-state index contributed by atoms with van der Waals surface area (Å²) in [5, 5.41) is 10.6. The zero-order chi connectivity index (χ0) is 27.8. The summed E-state index contributed by atoms with van der Waals surface area (Å²) in [6, 6.07) is 7.45. The Kier molecular flexibility index (Phi) is 8.23. The second-order valence-corrected chi connectivity index (χ2v) is 10.5. The monoisotopic (exact) mass is 678 g/mol. The van der Waals surface area contributed by atoms with Crippen molar-refractivity contribution in [1.82, 2.24) is 4.57 Å². The van der Waals surface area contributed by atoms with Crippen molar-refractivity contribution in [2.45, 2.75) is 26.1 Å². The van der Waals surface area contributed by atoms with Gasteiger partial charge in [0.2, 0.25) is 0 Å². The molecule has 1 aliphatic rings. The van der Waals surface area contributed by atoms with E-state index < -0.39 is 35.0 Å². The number of thiazole rings is 1. The van der Waals surface area contributed by atoms with Crippen LogP contribution in [-0.4, -0.2) is 35.0 Å². The smallest absolute Gasteiger partial charge is 0.434 e. The number of fused-ring (bicyclic) bond motifs is 1. The zero-order valence-electron chi connectivity index (χ0n) is 19.8. The summed E-state index contributed by atoms with van der Waals surface area (Å²) in [7, 11) is 0. The fourth-order valence-corrected chi connectivity index (χ4v) is 5.65. The molecule has 0 saturated carbocycles. The molecule has 0 aliphatic carbocycles. The SMILES string of the molecule is CCOC(=O)C1=C(C(F)(F)F)N=c2s/c(=C\c3cc(I)c(O)c(OCC)c3)c(=O)n2[C@@H]1c1ccc(Cl)cc1. The van der Waals surface area contributed by atoms with Crippen molar-refractivity contribution in [3.8, 4) is 11.5 Å². The molecule has 0 bridgehead atoms. The number of rotatable bonds is 6. The number of esters is 1. The van der Waals surface area contributed by atoms with Gasteiger partial charge in [-0.3, -0.25) is 9.36 Å². The van der Waals surface area contributed by atoms with E-state index in [-0.39, 0.29) is 39.6 Å². The molecule has 7 nitrogen and oxygen atoms in total. The summed E-state index contributed by atoms with van der Waals surface area (Å²) in [5.41, 5.74) is -2.18. The quantitative estimate of drug-likeness (QED) is 0.302. The molecule has 1 N–H and O–H groups in total. The van der Waals surface area contributed by atoms with E-state index in [0.717, 1.165) is 15.9 Å². The van der Waals surface area contributed by atoms with Gasteiger partial charge in [-0.2, -0.15) is 13.2 Å². The average molecular weight is 679 g/mol. The van der Waals surface area contributed by atoms with Crippen LogP contribution < -0.4 is 19.6 Å². The highest BCUT2D eigenvalue weighted by atomic mass is 127. The lowest BCUT2D eigenvalue weighted by molar-refractivity contribution is -0.140. The molecule has 1 aromatic heterocycles. The van der Waals surface area contributed by atoms with Gasteiger partial charge in [0.15, 0.2) is 22.0 Å². The van der Waals surface area contributed by atoms with Gasteiger partial charge in [-0.05, 0) is 77.9 Å². The molecule has 0 saturated heterocycles. The van der Waals surface area contributed by atoms with Gasteiger partial charge in [0.1, 0.15) is 0 Å². The molecule has 200 valence electrons. The number of ether oxygens (including phenoxy) is 2. The Labute approximate surface area is 236 Å². The van der Waals surface area contributed by atoms with Crippen LogP contribution in [0.3, 0.4) is 0 Å². The number of phenols is 1. The number of benzene rings is 2. The maximum absolute atomic E-state index is 14.2. The number of hydrogen-bond donors (Lipinski definition) is 1. The topological polar surface area (TPSA) is 90.1 Å². The molecule has 1 atom stereocenters. The van der Waals surface area contributed by atoms with Crippen LogP contribution in [0.5, 0.6) is 11.5 Å². The second kappa shape index (κ2) is 11.1. The van der Waals surface area contributed by atoms with Crippen LogP contribution in [0.25, 0.3) is 6.08 Å². The molecular weight excluding hydrogens is 660 g/mol. The van der Waals surface area contributed by atoms with Crippen LogP contribution in [-0.2, 0) is 9.53 Å². The molecule has 0 fully saturated rings. The first kappa shape index (κ1) is 28.2. The number of hydrogen-bond acceptors (Lipinski definition) is 7. The van der Waals surface area contributed by atoms with Crippen LogP contribution in [0.2, 0.25) is 5.02 Å². The highest BCUT2D eigenvalue weighted by molar-refractivity contribution is 14.1. The van der Waals surface area contributed by atoms with E-state index in [9.17, 15) is 27.9 Å². The normalized spacial score (nSPS) is 15.8. The number of aromatic nitrogens is 1. The van der Waals surface area contributed by atoms with E-state index in [0.29, 0.717) is 14.2 Å². The third kappa shape index (κ3) is 5.47. The summed E-state index contributed by atoms with van der Waals surface area (Å²) in [6.45, 7) is 3.32. The Bertz CT molecular complexity index is 1610. The van der Waals surface area contributed by atoms with Gasteiger partial charge in [0.05, 0.1) is 32.9 Å². The number of carbonyl (C=O) groups is 1. The van der Waals surface area contributed by atoms with Crippen molar-refractivity contribution in [2.24, 2.45) is 4.99 Å². The number of phenolic OH excluding ortho intramolecular Hbond substituents is 1. The molecule has 3 aromatic rings. The van der Waals surface area contributed by atoms with Crippen molar-refractivity contribution in [3.63, 3.8) is 0 Å².